The van der Waals surface area contributed by atoms with Crippen LogP contribution in [0.3, 0.4) is 0 Å². The maximum Gasteiger partial charge on any atom is 0.253 e. The third-order valence-electron chi connectivity index (χ3n) is 6.25. The van der Waals surface area contributed by atoms with Crippen molar-refractivity contribution in [3.63, 3.8) is 0 Å². The summed E-state index contributed by atoms with van der Waals surface area (Å²) < 4.78 is 32.1. The van der Waals surface area contributed by atoms with Gasteiger partial charge >= 0.3 is 0 Å². The number of nitrogens with zero attached hydrogens (tertiary/aromatic N) is 3. The van der Waals surface area contributed by atoms with E-state index >= 15 is 0 Å². The number of aromatic nitrogens is 1. The fourth-order valence-corrected chi connectivity index (χ4v) is 5.63. The van der Waals surface area contributed by atoms with Gasteiger partial charge in [0.25, 0.3) is 5.91 Å². The maximum atomic E-state index is 12.7. The third kappa shape index (κ3) is 5.99. The van der Waals surface area contributed by atoms with Crippen molar-refractivity contribution in [1.82, 2.24) is 19.5 Å². The van der Waals surface area contributed by atoms with E-state index < -0.39 is 10.0 Å². The molecule has 0 atom stereocenters. The van der Waals surface area contributed by atoms with Crippen LogP contribution in [0.25, 0.3) is 0 Å². The van der Waals surface area contributed by atoms with Crippen LogP contribution in [0.15, 0.2) is 53.7 Å². The molecule has 0 spiro atoms. The van der Waals surface area contributed by atoms with Crippen molar-refractivity contribution in [1.29, 1.82) is 0 Å². The number of carbonyl (C=O) groups is 2. The number of hydrogen-bond acceptors (Lipinski definition) is 6. The van der Waals surface area contributed by atoms with E-state index in [2.05, 4.69) is 10.3 Å². The minimum atomic E-state index is -3.51. The molecule has 2 fully saturated rings. The highest BCUT2D eigenvalue weighted by molar-refractivity contribution is 7.89. The quantitative estimate of drug-likeness (QED) is 0.635. The van der Waals surface area contributed by atoms with Crippen molar-refractivity contribution in [2.24, 2.45) is 0 Å². The van der Waals surface area contributed by atoms with Crippen LogP contribution in [0.1, 0.15) is 35.2 Å². The lowest BCUT2D eigenvalue weighted by Crippen LogP contribution is -2.46. The number of piperidine rings is 1. The van der Waals surface area contributed by atoms with Crippen LogP contribution >= 0.6 is 0 Å². The smallest absolute Gasteiger partial charge is 0.253 e. The molecule has 9 nitrogen and oxygen atoms in total. The van der Waals surface area contributed by atoms with E-state index in [9.17, 15) is 18.0 Å². The molecular formula is C24H30N4O5S. The van der Waals surface area contributed by atoms with Gasteiger partial charge in [-0.15, -0.1) is 0 Å². The first-order chi connectivity index (χ1) is 16.4. The highest BCUT2D eigenvalue weighted by atomic mass is 32.2. The van der Waals surface area contributed by atoms with Gasteiger partial charge in [0.1, 0.15) is 0 Å². The van der Waals surface area contributed by atoms with Gasteiger partial charge in [0.15, 0.2) is 0 Å². The molecule has 1 aromatic heterocycles. The average molecular weight is 487 g/mol. The zero-order valence-electron chi connectivity index (χ0n) is 19.1. The zero-order valence-corrected chi connectivity index (χ0v) is 19.9. The van der Waals surface area contributed by atoms with Gasteiger partial charge in [-0.2, -0.15) is 4.31 Å². The number of pyridine rings is 1. The van der Waals surface area contributed by atoms with Gasteiger partial charge in [-0.1, -0.05) is 12.1 Å². The van der Waals surface area contributed by atoms with Crippen LogP contribution in [0.4, 0.5) is 0 Å². The molecule has 2 aliphatic heterocycles. The number of hydrogen-bond donors (Lipinski definition) is 1. The second kappa shape index (κ2) is 11.1. The second-order valence-corrected chi connectivity index (χ2v) is 10.5. The predicted molar refractivity (Wildman–Crippen MR) is 126 cm³/mol. The molecule has 0 radical (unpaired) electrons. The van der Waals surface area contributed by atoms with Crippen molar-refractivity contribution in [2.75, 3.05) is 39.4 Å². The summed E-state index contributed by atoms with van der Waals surface area (Å²) in [5.74, 6) is -0.0461. The second-order valence-electron chi connectivity index (χ2n) is 8.53. The van der Waals surface area contributed by atoms with E-state index in [1.54, 1.807) is 48.8 Å². The summed E-state index contributed by atoms with van der Waals surface area (Å²) in [5.41, 5.74) is 1.54. The van der Waals surface area contributed by atoms with E-state index in [4.69, 9.17) is 4.74 Å². The summed E-state index contributed by atoms with van der Waals surface area (Å²) in [7, 11) is -3.51. The molecule has 0 unspecified atom stereocenters. The highest BCUT2D eigenvalue weighted by Crippen LogP contribution is 2.19. The molecule has 3 heterocycles. The number of likely N-dealkylation sites (tertiary alicyclic amines) is 1. The number of sulfonamides is 1. The lowest BCUT2D eigenvalue weighted by atomic mass is 10.0. The lowest BCUT2D eigenvalue weighted by molar-refractivity contribution is -0.122. The molecule has 2 aliphatic rings. The molecule has 4 rings (SSSR count). The summed E-state index contributed by atoms with van der Waals surface area (Å²) in [6.45, 7) is 2.75. The minimum absolute atomic E-state index is 0.00809. The monoisotopic (exact) mass is 486 g/mol. The molecule has 10 heteroatoms. The lowest BCUT2D eigenvalue weighted by Gasteiger charge is -2.32. The fraction of sp³-hybridized carbons (Fsp3) is 0.458. The van der Waals surface area contributed by atoms with Crippen LogP contribution in [-0.4, -0.2) is 79.9 Å². The van der Waals surface area contributed by atoms with Gasteiger partial charge in [-0.05, 0) is 49.1 Å². The van der Waals surface area contributed by atoms with Gasteiger partial charge in [0.05, 0.1) is 18.1 Å². The summed E-state index contributed by atoms with van der Waals surface area (Å²) in [6.07, 6.45) is 5.51. The Hall–Kier alpha value is -2.82. The molecule has 182 valence electrons. The summed E-state index contributed by atoms with van der Waals surface area (Å²) in [5, 5.41) is 3.07. The number of rotatable bonds is 7. The summed E-state index contributed by atoms with van der Waals surface area (Å²) in [4.78, 5) is 31.0. The predicted octanol–water partition coefficient (Wildman–Crippen LogP) is 1.46. The standard InChI is InChI=1S/C24H30N4O5S/c29-23(26-21-9-13-27(14-10-21)24(30)20-7-11-25-12-8-20)6-3-19-1-4-22(5-2-19)34(31,32)28-15-17-33-18-16-28/h1-2,4-5,7-8,11-12,21H,3,6,9-10,13-18H2,(H,26,29). The zero-order chi connectivity index (χ0) is 24.0. The maximum absolute atomic E-state index is 12.7. The number of nitrogens with one attached hydrogen (secondary N) is 1. The first-order valence-electron chi connectivity index (χ1n) is 11.6. The van der Waals surface area contributed by atoms with Crippen LogP contribution in [0, 0.1) is 0 Å². The van der Waals surface area contributed by atoms with Crippen molar-refractivity contribution >= 4 is 21.8 Å². The minimum Gasteiger partial charge on any atom is -0.379 e. The van der Waals surface area contributed by atoms with Crippen molar-refractivity contribution in [3.05, 3.63) is 59.9 Å². The molecule has 2 aromatic rings. The Bertz CT molecular complexity index is 1080. The number of ether oxygens (including phenoxy) is 1. The number of carbonyl (C=O) groups excluding carboxylic acids is 2. The molecule has 0 saturated carbocycles. The van der Waals surface area contributed by atoms with Crippen LogP contribution in [0.2, 0.25) is 0 Å². The Balaban J connectivity index is 1.21. The van der Waals surface area contributed by atoms with Crippen molar-refractivity contribution < 1.29 is 22.7 Å². The Morgan fingerprint density at radius 1 is 0.971 bits per heavy atom. The molecule has 1 aromatic carbocycles. The SMILES string of the molecule is O=C(CCc1ccc(S(=O)(=O)N2CCOCC2)cc1)NC1CCN(C(=O)c2ccncc2)CC1. The Morgan fingerprint density at radius 3 is 2.26 bits per heavy atom. The van der Waals surface area contributed by atoms with Crippen LogP contribution < -0.4 is 5.32 Å². The molecular weight excluding hydrogens is 456 g/mol. The summed E-state index contributed by atoms with van der Waals surface area (Å²) in [6, 6.07) is 10.2. The Labute approximate surface area is 200 Å². The number of aryl methyl sites for hydroxylation is 1. The van der Waals surface area contributed by atoms with Gasteiger partial charge in [-0.25, -0.2) is 8.42 Å². The largest absolute Gasteiger partial charge is 0.379 e. The van der Waals surface area contributed by atoms with E-state index in [1.165, 1.54) is 4.31 Å². The van der Waals surface area contributed by atoms with E-state index in [0.29, 0.717) is 57.8 Å². The molecule has 34 heavy (non-hydrogen) atoms. The van der Waals surface area contributed by atoms with Gasteiger partial charge in [0.2, 0.25) is 15.9 Å². The Morgan fingerprint density at radius 2 is 1.62 bits per heavy atom. The molecule has 2 saturated heterocycles. The number of benzene rings is 1. The van der Waals surface area contributed by atoms with E-state index in [1.807, 2.05) is 4.90 Å². The normalized spacial score (nSPS) is 17.9. The van der Waals surface area contributed by atoms with Gasteiger partial charge < -0.3 is 15.0 Å². The number of amides is 2. The Kier molecular flexibility index (Phi) is 7.91. The molecule has 0 bridgehead atoms. The topological polar surface area (TPSA) is 109 Å². The van der Waals surface area contributed by atoms with Gasteiger partial charge in [-0.3, -0.25) is 14.6 Å². The molecule has 1 N–H and O–H groups in total. The average Bonchev–Trinajstić information content (AvgIpc) is 2.89. The fourth-order valence-electron chi connectivity index (χ4n) is 4.23. The van der Waals surface area contributed by atoms with Crippen molar-refractivity contribution in [2.45, 2.75) is 36.6 Å². The summed E-state index contributed by atoms with van der Waals surface area (Å²) >= 11 is 0. The van der Waals surface area contributed by atoms with Crippen LogP contribution in [-0.2, 0) is 26.0 Å². The van der Waals surface area contributed by atoms with Crippen molar-refractivity contribution in [3.8, 4) is 0 Å². The highest BCUT2D eigenvalue weighted by Gasteiger charge is 2.26. The first-order valence-corrected chi connectivity index (χ1v) is 13.0. The first kappa shape index (κ1) is 24.3. The molecule has 0 aliphatic carbocycles. The van der Waals surface area contributed by atoms with Gasteiger partial charge in [0, 0.05) is 56.6 Å². The molecule has 2 amide bonds. The third-order valence-corrected chi connectivity index (χ3v) is 8.16. The van der Waals surface area contributed by atoms with E-state index in [-0.39, 0.29) is 22.8 Å². The van der Waals surface area contributed by atoms with E-state index in [0.717, 1.165) is 18.4 Å². The number of morpholine rings is 1. The van der Waals surface area contributed by atoms with Crippen LogP contribution in [0.5, 0.6) is 0 Å².